The molecule has 0 bridgehead atoms. The van der Waals surface area contributed by atoms with Gasteiger partial charge in [0.2, 0.25) is 0 Å². The van der Waals surface area contributed by atoms with Crippen LogP contribution in [0.3, 0.4) is 0 Å². The molecule has 1 aromatic carbocycles. The Morgan fingerprint density at radius 1 is 1.16 bits per heavy atom. The molecule has 0 unspecified atom stereocenters. The Labute approximate surface area is 128 Å². The summed E-state index contributed by atoms with van der Waals surface area (Å²) in [6, 6.07) is 6.55. The van der Waals surface area contributed by atoms with Gasteiger partial charge in [0, 0.05) is 23.4 Å². The molecule has 1 aromatic rings. The summed E-state index contributed by atoms with van der Waals surface area (Å²) in [5, 5.41) is 0.712. The number of likely N-dealkylation sites (tertiary alicyclic amines) is 1. The first-order chi connectivity index (χ1) is 9.22. The van der Waals surface area contributed by atoms with Crippen molar-refractivity contribution >= 4 is 27.5 Å². The summed E-state index contributed by atoms with van der Waals surface area (Å²) >= 11 is 9.47. The normalized spacial score (nSPS) is 27.9. The fourth-order valence-electron chi connectivity index (χ4n) is 2.96. The van der Waals surface area contributed by atoms with E-state index in [0.29, 0.717) is 11.1 Å². The molecule has 3 rings (SSSR count). The van der Waals surface area contributed by atoms with Crippen molar-refractivity contribution in [1.29, 1.82) is 0 Å². The van der Waals surface area contributed by atoms with Crippen LogP contribution in [0.2, 0.25) is 5.02 Å². The summed E-state index contributed by atoms with van der Waals surface area (Å²) < 4.78 is 6.89. The van der Waals surface area contributed by atoms with Crippen LogP contribution in [-0.4, -0.2) is 30.1 Å². The van der Waals surface area contributed by atoms with Crippen LogP contribution < -0.4 is 4.74 Å². The Bertz CT molecular complexity index is 442. The standard InChI is InChI=1S/C15H19BrClNO/c16-14-5-4-12(10-15(14)17)19-13-8-11(9-13)18-6-2-1-3-7-18/h4-5,10-11,13H,1-3,6-9H2/t11-,13-. The minimum Gasteiger partial charge on any atom is -0.490 e. The minimum atomic E-state index is 0.365. The van der Waals surface area contributed by atoms with Gasteiger partial charge in [0.05, 0.1) is 5.02 Å². The first-order valence-electron chi connectivity index (χ1n) is 7.08. The Kier molecular flexibility index (Phi) is 4.35. The van der Waals surface area contributed by atoms with Crippen LogP contribution in [0, 0.1) is 0 Å². The fourth-order valence-corrected chi connectivity index (χ4v) is 3.38. The summed E-state index contributed by atoms with van der Waals surface area (Å²) in [4.78, 5) is 2.64. The second-order valence-electron chi connectivity index (χ2n) is 5.54. The lowest BCUT2D eigenvalue weighted by Gasteiger charge is -2.44. The quantitative estimate of drug-likeness (QED) is 0.800. The van der Waals surface area contributed by atoms with Crippen molar-refractivity contribution in [2.75, 3.05) is 13.1 Å². The van der Waals surface area contributed by atoms with Gasteiger partial charge in [-0.25, -0.2) is 0 Å². The molecule has 0 N–H and O–H groups in total. The molecule has 2 fully saturated rings. The highest BCUT2D eigenvalue weighted by Gasteiger charge is 2.35. The molecule has 1 aliphatic carbocycles. The Morgan fingerprint density at radius 3 is 2.58 bits per heavy atom. The number of hydrogen-bond acceptors (Lipinski definition) is 2. The SMILES string of the molecule is Clc1cc(O[C@H]2C[C@H](N3CCCCC3)C2)ccc1Br. The average Bonchev–Trinajstić information content (AvgIpc) is 2.38. The molecule has 2 nitrogen and oxygen atoms in total. The van der Waals surface area contributed by atoms with Gasteiger partial charge >= 0.3 is 0 Å². The van der Waals surface area contributed by atoms with E-state index in [1.165, 1.54) is 32.4 Å². The molecule has 0 radical (unpaired) electrons. The third-order valence-corrected chi connectivity index (χ3v) is 5.40. The molecule has 0 amide bonds. The minimum absolute atomic E-state index is 0.365. The topological polar surface area (TPSA) is 12.5 Å². The second kappa shape index (κ2) is 6.02. The van der Waals surface area contributed by atoms with Gasteiger partial charge in [-0.3, -0.25) is 0 Å². The van der Waals surface area contributed by atoms with Crippen molar-refractivity contribution in [3.05, 3.63) is 27.7 Å². The summed E-state index contributed by atoms with van der Waals surface area (Å²) in [5.41, 5.74) is 0. The van der Waals surface area contributed by atoms with E-state index in [2.05, 4.69) is 20.8 Å². The van der Waals surface area contributed by atoms with Crippen LogP contribution in [0.15, 0.2) is 22.7 Å². The van der Waals surface area contributed by atoms with E-state index in [0.717, 1.165) is 29.1 Å². The molecule has 4 heteroatoms. The predicted molar refractivity (Wildman–Crippen MR) is 82.0 cm³/mol. The molecule has 1 aliphatic heterocycles. The fraction of sp³-hybridized carbons (Fsp3) is 0.600. The van der Waals surface area contributed by atoms with Gasteiger partial charge in [-0.15, -0.1) is 0 Å². The molecule has 0 atom stereocenters. The summed E-state index contributed by atoms with van der Waals surface area (Å²) in [5.74, 6) is 0.885. The predicted octanol–water partition coefficient (Wildman–Crippen LogP) is 4.50. The molecular weight excluding hydrogens is 326 g/mol. The van der Waals surface area contributed by atoms with Gasteiger partial charge in [-0.2, -0.15) is 0 Å². The van der Waals surface area contributed by atoms with Crippen LogP contribution in [0.5, 0.6) is 5.75 Å². The monoisotopic (exact) mass is 343 g/mol. The Hall–Kier alpha value is -0.250. The zero-order valence-electron chi connectivity index (χ0n) is 10.9. The van der Waals surface area contributed by atoms with E-state index in [1.807, 2.05) is 18.2 Å². The molecule has 0 spiro atoms. The van der Waals surface area contributed by atoms with Gasteiger partial charge in [-0.05, 0) is 60.1 Å². The second-order valence-corrected chi connectivity index (χ2v) is 6.80. The first kappa shape index (κ1) is 13.7. The lowest BCUT2D eigenvalue weighted by Crippen LogP contribution is -2.50. The molecule has 104 valence electrons. The maximum Gasteiger partial charge on any atom is 0.121 e. The molecule has 2 aliphatic rings. The van der Waals surface area contributed by atoms with Gasteiger partial charge in [0.15, 0.2) is 0 Å². The van der Waals surface area contributed by atoms with Gasteiger partial charge in [0.25, 0.3) is 0 Å². The molecular formula is C15H19BrClNO. The largest absolute Gasteiger partial charge is 0.490 e. The van der Waals surface area contributed by atoms with Gasteiger partial charge < -0.3 is 9.64 Å². The summed E-state index contributed by atoms with van der Waals surface area (Å²) in [6.07, 6.45) is 6.82. The number of piperidine rings is 1. The van der Waals surface area contributed by atoms with E-state index in [1.54, 1.807) is 0 Å². The van der Waals surface area contributed by atoms with Crippen molar-refractivity contribution in [2.24, 2.45) is 0 Å². The van der Waals surface area contributed by atoms with E-state index in [9.17, 15) is 0 Å². The zero-order valence-corrected chi connectivity index (χ0v) is 13.3. The smallest absolute Gasteiger partial charge is 0.121 e. The van der Waals surface area contributed by atoms with E-state index in [-0.39, 0.29) is 0 Å². The molecule has 0 aromatic heterocycles. The number of benzene rings is 1. The average molecular weight is 345 g/mol. The third-order valence-electron chi connectivity index (χ3n) is 4.17. The highest BCUT2D eigenvalue weighted by Crippen LogP contribution is 2.33. The molecule has 19 heavy (non-hydrogen) atoms. The summed E-state index contributed by atoms with van der Waals surface area (Å²) in [6.45, 7) is 2.56. The maximum absolute atomic E-state index is 6.07. The first-order valence-corrected chi connectivity index (χ1v) is 8.25. The van der Waals surface area contributed by atoms with Gasteiger partial charge in [-0.1, -0.05) is 18.0 Å². The molecule has 1 saturated carbocycles. The number of halogens is 2. The van der Waals surface area contributed by atoms with Crippen LogP contribution in [0.25, 0.3) is 0 Å². The highest BCUT2D eigenvalue weighted by molar-refractivity contribution is 9.10. The molecule has 1 saturated heterocycles. The van der Waals surface area contributed by atoms with Crippen molar-refractivity contribution in [2.45, 2.75) is 44.2 Å². The lowest BCUT2D eigenvalue weighted by molar-refractivity contribution is 0.00892. The molecule has 1 heterocycles. The van der Waals surface area contributed by atoms with E-state index in [4.69, 9.17) is 16.3 Å². The lowest BCUT2D eigenvalue weighted by atomic mass is 9.86. The van der Waals surface area contributed by atoms with Crippen molar-refractivity contribution < 1.29 is 4.74 Å². The maximum atomic E-state index is 6.07. The van der Waals surface area contributed by atoms with Crippen molar-refractivity contribution in [3.8, 4) is 5.75 Å². The van der Waals surface area contributed by atoms with Crippen LogP contribution in [0.4, 0.5) is 0 Å². The number of rotatable bonds is 3. The number of ether oxygens (including phenoxy) is 1. The Morgan fingerprint density at radius 2 is 1.89 bits per heavy atom. The third kappa shape index (κ3) is 3.26. The van der Waals surface area contributed by atoms with Crippen LogP contribution in [0.1, 0.15) is 32.1 Å². The number of hydrogen-bond donors (Lipinski definition) is 0. The van der Waals surface area contributed by atoms with E-state index < -0.39 is 0 Å². The zero-order chi connectivity index (χ0) is 13.2. The number of nitrogens with zero attached hydrogens (tertiary/aromatic N) is 1. The summed E-state index contributed by atoms with van der Waals surface area (Å²) in [7, 11) is 0. The Balaban J connectivity index is 1.49. The highest BCUT2D eigenvalue weighted by atomic mass is 79.9. The van der Waals surface area contributed by atoms with Crippen LogP contribution >= 0.6 is 27.5 Å². The van der Waals surface area contributed by atoms with Crippen LogP contribution in [-0.2, 0) is 0 Å². The van der Waals surface area contributed by atoms with Crippen molar-refractivity contribution in [3.63, 3.8) is 0 Å². The van der Waals surface area contributed by atoms with E-state index >= 15 is 0 Å². The van der Waals surface area contributed by atoms with Crippen molar-refractivity contribution in [1.82, 2.24) is 4.90 Å². The van der Waals surface area contributed by atoms with Gasteiger partial charge in [0.1, 0.15) is 11.9 Å².